The first-order chi connectivity index (χ1) is 5.08. The molecule has 0 saturated carbocycles. The fourth-order valence-corrected chi connectivity index (χ4v) is 1.44. The van der Waals surface area contributed by atoms with E-state index in [1.165, 1.54) is 0 Å². The third kappa shape index (κ3) is 1.52. The molecular weight excluding hydrogens is 140 g/mol. The van der Waals surface area contributed by atoms with Gasteiger partial charge in [0.15, 0.2) is 5.60 Å². The molecule has 3 nitrogen and oxygen atoms in total. The molecule has 1 fully saturated rings. The smallest absolute Gasteiger partial charge is 0.156 e. The van der Waals surface area contributed by atoms with E-state index in [0.29, 0.717) is 6.42 Å². The molecule has 3 heteroatoms. The van der Waals surface area contributed by atoms with Crippen molar-refractivity contribution in [2.75, 3.05) is 6.54 Å². The predicted molar refractivity (Wildman–Crippen MR) is 41.8 cm³/mol. The van der Waals surface area contributed by atoms with Gasteiger partial charge in [0.05, 0.1) is 6.07 Å². The molecule has 1 aliphatic heterocycles. The van der Waals surface area contributed by atoms with Gasteiger partial charge in [-0.05, 0) is 6.92 Å². The number of aliphatic hydroxyl groups is 1. The van der Waals surface area contributed by atoms with Gasteiger partial charge in [-0.1, -0.05) is 6.92 Å². The summed E-state index contributed by atoms with van der Waals surface area (Å²) >= 11 is 0. The highest BCUT2D eigenvalue weighted by Crippen LogP contribution is 2.25. The highest BCUT2D eigenvalue weighted by molar-refractivity contribution is 5.07. The lowest BCUT2D eigenvalue weighted by molar-refractivity contribution is 0.00574. The normalized spacial score (nSPS) is 44.9. The monoisotopic (exact) mass is 154 g/mol. The maximum absolute atomic E-state index is 9.72. The fraction of sp³-hybridized carbons (Fsp3) is 0.875. The molecular formula is C8H14N2O. The van der Waals surface area contributed by atoms with Crippen LogP contribution >= 0.6 is 0 Å². The summed E-state index contributed by atoms with van der Waals surface area (Å²) in [6, 6.07) is 2.22. The van der Waals surface area contributed by atoms with Crippen molar-refractivity contribution in [3.05, 3.63) is 0 Å². The van der Waals surface area contributed by atoms with Crippen LogP contribution in [0.15, 0.2) is 0 Å². The van der Waals surface area contributed by atoms with Gasteiger partial charge in [-0.25, -0.2) is 0 Å². The first kappa shape index (κ1) is 8.51. The minimum Gasteiger partial charge on any atom is -0.375 e. The van der Waals surface area contributed by atoms with Gasteiger partial charge in [-0.15, -0.1) is 0 Å². The van der Waals surface area contributed by atoms with E-state index in [1.54, 1.807) is 0 Å². The highest BCUT2D eigenvalue weighted by atomic mass is 16.3. The van der Waals surface area contributed by atoms with Crippen LogP contribution in [-0.2, 0) is 0 Å². The van der Waals surface area contributed by atoms with E-state index in [4.69, 9.17) is 5.26 Å². The van der Waals surface area contributed by atoms with Crippen LogP contribution in [0.4, 0.5) is 0 Å². The first-order valence-corrected chi connectivity index (χ1v) is 3.95. The molecule has 0 aromatic rings. The summed E-state index contributed by atoms with van der Waals surface area (Å²) < 4.78 is 0. The Bertz CT molecular complexity index is 187. The Kier molecular flexibility index (Phi) is 2.17. The van der Waals surface area contributed by atoms with Gasteiger partial charge >= 0.3 is 0 Å². The van der Waals surface area contributed by atoms with E-state index in [-0.39, 0.29) is 12.0 Å². The van der Waals surface area contributed by atoms with Gasteiger partial charge in [0.1, 0.15) is 0 Å². The Morgan fingerprint density at radius 2 is 2.27 bits per heavy atom. The SMILES string of the molecule is C[C@@H]1C[C@@](O)(C#N)[C@H](C)CN1. The van der Waals surface area contributed by atoms with E-state index < -0.39 is 5.60 Å². The van der Waals surface area contributed by atoms with Crippen LogP contribution in [0.25, 0.3) is 0 Å². The maximum atomic E-state index is 9.72. The minimum atomic E-state index is -1.11. The molecule has 3 atom stereocenters. The summed E-state index contributed by atoms with van der Waals surface area (Å²) in [6.07, 6.45) is 0.532. The molecule has 0 radical (unpaired) electrons. The van der Waals surface area contributed by atoms with Crippen molar-refractivity contribution < 1.29 is 5.11 Å². The van der Waals surface area contributed by atoms with Crippen LogP contribution < -0.4 is 5.32 Å². The molecule has 1 rings (SSSR count). The van der Waals surface area contributed by atoms with Gasteiger partial charge in [-0.3, -0.25) is 0 Å². The Hall–Kier alpha value is -0.590. The summed E-state index contributed by atoms with van der Waals surface area (Å²) in [5, 5.41) is 21.6. The lowest BCUT2D eigenvalue weighted by Crippen LogP contribution is -2.52. The lowest BCUT2D eigenvalue weighted by atomic mass is 9.81. The molecule has 0 aromatic heterocycles. The van der Waals surface area contributed by atoms with E-state index in [9.17, 15) is 5.11 Å². The van der Waals surface area contributed by atoms with Crippen molar-refractivity contribution in [1.82, 2.24) is 5.32 Å². The minimum absolute atomic E-state index is 0.0312. The van der Waals surface area contributed by atoms with Crippen LogP contribution in [0.5, 0.6) is 0 Å². The standard InChI is InChI=1S/C8H14N2O/c1-6-4-10-7(2)3-8(6,11)5-9/h6-7,10-11H,3-4H2,1-2H3/t6-,7-,8-/m1/s1. The summed E-state index contributed by atoms with van der Waals surface area (Å²) in [7, 11) is 0. The zero-order valence-electron chi connectivity index (χ0n) is 6.96. The summed E-state index contributed by atoms with van der Waals surface area (Å²) in [5.41, 5.74) is -1.11. The van der Waals surface area contributed by atoms with Gasteiger partial charge in [0.25, 0.3) is 0 Å². The molecule has 0 unspecified atom stereocenters. The topological polar surface area (TPSA) is 56.0 Å². The van der Waals surface area contributed by atoms with Crippen molar-refractivity contribution in [1.29, 1.82) is 5.26 Å². The summed E-state index contributed by atoms with van der Waals surface area (Å²) in [6.45, 7) is 4.60. The number of hydrogen-bond donors (Lipinski definition) is 2. The number of hydrogen-bond acceptors (Lipinski definition) is 3. The average Bonchev–Trinajstić information content (AvgIpc) is 1.98. The van der Waals surface area contributed by atoms with E-state index in [0.717, 1.165) is 6.54 Å². The molecule has 0 spiro atoms. The fourth-order valence-electron chi connectivity index (χ4n) is 1.44. The molecule has 0 aliphatic carbocycles. The van der Waals surface area contributed by atoms with Crippen molar-refractivity contribution >= 4 is 0 Å². The maximum Gasteiger partial charge on any atom is 0.156 e. The van der Waals surface area contributed by atoms with Gasteiger partial charge in [0, 0.05) is 24.9 Å². The molecule has 1 saturated heterocycles. The number of nitrogens with zero attached hydrogens (tertiary/aromatic N) is 1. The molecule has 2 N–H and O–H groups in total. The van der Waals surface area contributed by atoms with Gasteiger partial charge < -0.3 is 10.4 Å². The Morgan fingerprint density at radius 3 is 2.73 bits per heavy atom. The molecule has 62 valence electrons. The van der Waals surface area contributed by atoms with Crippen LogP contribution in [0, 0.1) is 17.2 Å². The molecule has 11 heavy (non-hydrogen) atoms. The first-order valence-electron chi connectivity index (χ1n) is 3.95. The summed E-state index contributed by atoms with van der Waals surface area (Å²) in [5.74, 6) is 0.0312. The highest BCUT2D eigenvalue weighted by Gasteiger charge is 2.38. The van der Waals surface area contributed by atoms with Crippen LogP contribution in [0.2, 0.25) is 0 Å². The summed E-state index contributed by atoms with van der Waals surface area (Å²) in [4.78, 5) is 0. The van der Waals surface area contributed by atoms with E-state index in [2.05, 4.69) is 5.32 Å². The Morgan fingerprint density at radius 1 is 1.64 bits per heavy atom. The largest absolute Gasteiger partial charge is 0.375 e. The second-order valence-electron chi connectivity index (χ2n) is 3.45. The van der Waals surface area contributed by atoms with E-state index >= 15 is 0 Å². The molecule has 0 bridgehead atoms. The predicted octanol–water partition coefficient (Wildman–Crippen LogP) is 0.259. The average molecular weight is 154 g/mol. The zero-order chi connectivity index (χ0) is 8.48. The van der Waals surface area contributed by atoms with Crippen LogP contribution in [-0.4, -0.2) is 23.3 Å². The third-order valence-corrected chi connectivity index (χ3v) is 2.40. The van der Waals surface area contributed by atoms with Crippen LogP contribution in [0.1, 0.15) is 20.3 Å². The van der Waals surface area contributed by atoms with Gasteiger partial charge in [-0.2, -0.15) is 5.26 Å². The zero-order valence-corrected chi connectivity index (χ0v) is 6.96. The second-order valence-corrected chi connectivity index (χ2v) is 3.45. The third-order valence-electron chi connectivity index (χ3n) is 2.40. The second kappa shape index (κ2) is 2.80. The number of nitriles is 1. The van der Waals surface area contributed by atoms with Gasteiger partial charge in [0.2, 0.25) is 0 Å². The molecule has 0 amide bonds. The Balaban J connectivity index is 2.70. The molecule has 1 aliphatic rings. The van der Waals surface area contributed by atoms with Crippen molar-refractivity contribution in [2.45, 2.75) is 31.9 Å². The van der Waals surface area contributed by atoms with Crippen molar-refractivity contribution in [3.8, 4) is 6.07 Å². The Labute approximate surface area is 67.0 Å². The number of nitrogens with one attached hydrogen (secondary N) is 1. The molecule has 1 heterocycles. The lowest BCUT2D eigenvalue weighted by Gasteiger charge is -2.36. The number of rotatable bonds is 0. The van der Waals surface area contributed by atoms with Crippen LogP contribution in [0.3, 0.4) is 0 Å². The van der Waals surface area contributed by atoms with E-state index in [1.807, 2.05) is 19.9 Å². The molecule has 0 aromatic carbocycles. The van der Waals surface area contributed by atoms with Crippen molar-refractivity contribution in [2.24, 2.45) is 5.92 Å². The quantitative estimate of drug-likeness (QED) is 0.492. The van der Waals surface area contributed by atoms with Crippen molar-refractivity contribution in [3.63, 3.8) is 0 Å². The number of piperidine rings is 1.